The van der Waals surface area contributed by atoms with Crippen LogP contribution in [0.2, 0.25) is 0 Å². The lowest BCUT2D eigenvalue weighted by Crippen LogP contribution is -2.28. The Balaban J connectivity index is 2.17. The van der Waals surface area contributed by atoms with E-state index in [1.807, 2.05) is 60.7 Å². The summed E-state index contributed by atoms with van der Waals surface area (Å²) in [6.45, 7) is 0. The molecule has 3 aromatic rings. The van der Waals surface area contributed by atoms with E-state index in [0.717, 1.165) is 11.1 Å². The minimum Gasteiger partial charge on any atom is -0.461 e. The lowest BCUT2D eigenvalue weighted by atomic mass is 9.84. The van der Waals surface area contributed by atoms with Crippen molar-refractivity contribution in [2.24, 2.45) is 0 Å². The van der Waals surface area contributed by atoms with Gasteiger partial charge in [-0.25, -0.2) is 0 Å². The fourth-order valence-corrected chi connectivity index (χ4v) is 2.56. The first-order valence-electron chi connectivity index (χ1n) is 7.04. The van der Waals surface area contributed by atoms with Crippen LogP contribution in [0.1, 0.15) is 22.6 Å². The Morgan fingerprint density at radius 2 is 1.41 bits per heavy atom. The Labute approximate surface area is 129 Å². The molecule has 1 aromatic heterocycles. The zero-order valence-corrected chi connectivity index (χ0v) is 11.9. The molecule has 0 atom stereocenters. The van der Waals surface area contributed by atoms with Crippen LogP contribution in [0.25, 0.3) is 0 Å². The van der Waals surface area contributed by atoms with E-state index in [-0.39, 0.29) is 6.42 Å². The quantitative estimate of drug-likeness (QED) is 0.798. The van der Waals surface area contributed by atoms with Crippen molar-refractivity contribution in [1.29, 1.82) is 5.26 Å². The van der Waals surface area contributed by atoms with Gasteiger partial charge in [0.15, 0.2) is 5.60 Å². The highest BCUT2D eigenvalue weighted by molar-refractivity contribution is 5.43. The molecule has 0 aliphatic rings. The van der Waals surface area contributed by atoms with E-state index in [0.29, 0.717) is 11.5 Å². The van der Waals surface area contributed by atoms with E-state index < -0.39 is 5.60 Å². The maximum Gasteiger partial charge on any atom is 0.173 e. The summed E-state index contributed by atoms with van der Waals surface area (Å²) in [5.41, 5.74) is 0.0640. The van der Waals surface area contributed by atoms with E-state index in [1.54, 1.807) is 12.1 Å². The van der Waals surface area contributed by atoms with Gasteiger partial charge in [-0.05, 0) is 23.3 Å². The van der Waals surface area contributed by atoms with E-state index >= 15 is 0 Å². The predicted octanol–water partition coefficient (Wildman–Crippen LogP) is 3.63. The van der Waals surface area contributed by atoms with Crippen molar-refractivity contribution in [1.82, 2.24) is 0 Å². The second-order valence-corrected chi connectivity index (χ2v) is 5.04. The minimum atomic E-state index is -1.38. The number of rotatable bonds is 4. The third-order valence-electron chi connectivity index (χ3n) is 3.65. The molecule has 0 bridgehead atoms. The minimum absolute atomic E-state index is 0.180. The van der Waals surface area contributed by atoms with Gasteiger partial charge in [-0.15, -0.1) is 0 Å². The Morgan fingerprint density at radius 1 is 0.864 bits per heavy atom. The zero-order chi connectivity index (χ0) is 15.4. The average Bonchev–Trinajstić information content (AvgIpc) is 3.05. The SMILES string of the molecule is N#CCc1ccc(C(O)(c2ccccc2)c2ccccc2)o1. The fraction of sp³-hybridized carbons (Fsp3) is 0.105. The second kappa shape index (κ2) is 5.88. The summed E-state index contributed by atoms with van der Waals surface area (Å²) >= 11 is 0. The van der Waals surface area contributed by atoms with Gasteiger partial charge in [-0.3, -0.25) is 0 Å². The molecule has 0 aliphatic heterocycles. The maximum absolute atomic E-state index is 11.4. The molecule has 0 aliphatic carbocycles. The summed E-state index contributed by atoms with van der Waals surface area (Å²) < 4.78 is 5.73. The van der Waals surface area contributed by atoms with Crippen molar-refractivity contribution in [3.63, 3.8) is 0 Å². The van der Waals surface area contributed by atoms with Crippen molar-refractivity contribution in [2.75, 3.05) is 0 Å². The summed E-state index contributed by atoms with van der Waals surface area (Å²) in [4.78, 5) is 0. The number of nitrogens with zero attached hydrogens (tertiary/aromatic N) is 1. The van der Waals surface area contributed by atoms with Crippen molar-refractivity contribution in [3.05, 3.63) is 95.4 Å². The molecule has 1 N–H and O–H groups in total. The smallest absolute Gasteiger partial charge is 0.173 e. The standard InChI is InChI=1S/C19H15NO2/c20-14-13-17-11-12-18(22-17)19(21,15-7-3-1-4-8-15)16-9-5-2-6-10-16/h1-12,21H,13H2. The molecule has 0 unspecified atom stereocenters. The van der Waals surface area contributed by atoms with Crippen molar-refractivity contribution in [2.45, 2.75) is 12.0 Å². The molecule has 1 heterocycles. The molecule has 3 rings (SSSR count). The first kappa shape index (κ1) is 14.1. The highest BCUT2D eigenvalue weighted by atomic mass is 16.4. The fourth-order valence-electron chi connectivity index (χ4n) is 2.56. The van der Waals surface area contributed by atoms with Crippen LogP contribution in [0.3, 0.4) is 0 Å². The van der Waals surface area contributed by atoms with Crippen LogP contribution in [0.5, 0.6) is 0 Å². The van der Waals surface area contributed by atoms with Gasteiger partial charge in [0.25, 0.3) is 0 Å². The summed E-state index contributed by atoms with van der Waals surface area (Å²) in [6.07, 6.45) is 0.180. The maximum atomic E-state index is 11.4. The van der Waals surface area contributed by atoms with Crippen molar-refractivity contribution >= 4 is 0 Å². The van der Waals surface area contributed by atoms with Gasteiger partial charge < -0.3 is 9.52 Å². The van der Waals surface area contributed by atoms with Crippen LogP contribution < -0.4 is 0 Å². The zero-order valence-electron chi connectivity index (χ0n) is 11.9. The largest absolute Gasteiger partial charge is 0.461 e. The van der Waals surface area contributed by atoms with Crippen LogP contribution >= 0.6 is 0 Å². The normalized spacial score (nSPS) is 11.1. The third kappa shape index (κ3) is 2.41. The predicted molar refractivity (Wildman–Crippen MR) is 83.0 cm³/mol. The van der Waals surface area contributed by atoms with Crippen molar-refractivity contribution < 1.29 is 9.52 Å². The molecule has 0 amide bonds. The molecule has 22 heavy (non-hydrogen) atoms. The van der Waals surface area contributed by atoms with Gasteiger partial charge in [-0.1, -0.05) is 60.7 Å². The molecule has 3 nitrogen and oxygen atoms in total. The average molecular weight is 289 g/mol. The highest BCUT2D eigenvalue weighted by Crippen LogP contribution is 2.37. The highest BCUT2D eigenvalue weighted by Gasteiger charge is 2.36. The van der Waals surface area contributed by atoms with Gasteiger partial charge in [0.05, 0.1) is 12.5 Å². The lowest BCUT2D eigenvalue weighted by molar-refractivity contribution is 0.0977. The molecular formula is C19H15NO2. The van der Waals surface area contributed by atoms with E-state index in [9.17, 15) is 5.11 Å². The monoisotopic (exact) mass is 289 g/mol. The number of furan rings is 1. The molecular weight excluding hydrogens is 274 g/mol. The van der Waals surface area contributed by atoms with E-state index in [4.69, 9.17) is 9.68 Å². The number of hydrogen-bond donors (Lipinski definition) is 1. The molecule has 0 spiro atoms. The number of nitriles is 1. The molecule has 0 fully saturated rings. The van der Waals surface area contributed by atoms with Gasteiger partial charge >= 0.3 is 0 Å². The summed E-state index contributed by atoms with van der Waals surface area (Å²) in [5.74, 6) is 0.956. The van der Waals surface area contributed by atoms with Gasteiger partial charge in [-0.2, -0.15) is 5.26 Å². The molecule has 0 saturated carbocycles. The van der Waals surface area contributed by atoms with Crippen LogP contribution in [-0.2, 0) is 12.0 Å². The van der Waals surface area contributed by atoms with Gasteiger partial charge in [0.2, 0.25) is 0 Å². The number of aliphatic hydroxyl groups is 1. The van der Waals surface area contributed by atoms with Crippen LogP contribution in [0.15, 0.2) is 77.2 Å². The Morgan fingerprint density at radius 3 is 1.91 bits per heavy atom. The second-order valence-electron chi connectivity index (χ2n) is 5.04. The van der Waals surface area contributed by atoms with Gasteiger partial charge in [0.1, 0.15) is 11.5 Å². The number of hydrogen-bond acceptors (Lipinski definition) is 3. The Bertz CT molecular complexity index is 746. The number of benzene rings is 2. The molecule has 2 aromatic carbocycles. The molecule has 3 heteroatoms. The molecule has 0 saturated heterocycles. The molecule has 108 valence electrons. The third-order valence-corrected chi connectivity index (χ3v) is 3.65. The van der Waals surface area contributed by atoms with Crippen LogP contribution in [-0.4, -0.2) is 5.11 Å². The first-order valence-corrected chi connectivity index (χ1v) is 7.04. The summed E-state index contributed by atoms with van der Waals surface area (Å²) in [7, 11) is 0. The topological polar surface area (TPSA) is 57.2 Å². The van der Waals surface area contributed by atoms with E-state index in [2.05, 4.69) is 6.07 Å². The Hall–Kier alpha value is -2.83. The van der Waals surface area contributed by atoms with E-state index in [1.165, 1.54) is 0 Å². The Kier molecular flexibility index (Phi) is 3.78. The van der Waals surface area contributed by atoms with Crippen molar-refractivity contribution in [3.8, 4) is 6.07 Å². The summed E-state index contributed by atoms with van der Waals surface area (Å²) in [5, 5.41) is 20.2. The lowest BCUT2D eigenvalue weighted by Gasteiger charge is -2.27. The van der Waals surface area contributed by atoms with Crippen LogP contribution in [0, 0.1) is 11.3 Å². The summed E-state index contributed by atoms with van der Waals surface area (Å²) in [6, 6.07) is 24.3. The first-order chi connectivity index (χ1) is 10.7. The molecule has 0 radical (unpaired) electrons. The van der Waals surface area contributed by atoms with Gasteiger partial charge in [0, 0.05) is 0 Å². The van der Waals surface area contributed by atoms with Crippen LogP contribution in [0.4, 0.5) is 0 Å².